The van der Waals surface area contributed by atoms with E-state index in [0.717, 1.165) is 0 Å². The number of nitrogens with zero attached hydrogens (tertiary/aromatic N) is 5. The number of amides is 1. The molecule has 0 bridgehead atoms. The number of ketones is 1. The topological polar surface area (TPSA) is 138 Å². The summed E-state index contributed by atoms with van der Waals surface area (Å²) in [5, 5.41) is 0.432. The summed E-state index contributed by atoms with van der Waals surface area (Å²) in [5.74, 6) is -1.01. The molecule has 39 heavy (non-hydrogen) atoms. The van der Waals surface area contributed by atoms with Gasteiger partial charge < -0.3 is 19.5 Å². The molecule has 11 heteroatoms. The fourth-order valence-corrected chi connectivity index (χ4v) is 5.01. The Morgan fingerprint density at radius 1 is 0.949 bits per heavy atom. The van der Waals surface area contributed by atoms with Gasteiger partial charge in [0.1, 0.15) is 22.8 Å². The molecule has 5 aromatic rings. The quantitative estimate of drug-likeness (QED) is 0.261. The van der Waals surface area contributed by atoms with Crippen molar-refractivity contribution in [2.24, 2.45) is 0 Å². The molecule has 1 saturated heterocycles. The molecule has 6 rings (SSSR count). The summed E-state index contributed by atoms with van der Waals surface area (Å²) in [5.41, 5.74) is 2.07. The number of rotatable bonds is 6. The predicted molar refractivity (Wildman–Crippen MR) is 144 cm³/mol. The number of nitrogens with one attached hydrogen (secondary N) is 1. The van der Waals surface area contributed by atoms with Crippen molar-refractivity contribution in [2.75, 3.05) is 38.2 Å². The molecule has 194 valence electrons. The molecular formula is C28H22N6O5. The summed E-state index contributed by atoms with van der Waals surface area (Å²) in [6.45, 7) is 1.09. The number of benzene rings is 1. The van der Waals surface area contributed by atoms with Gasteiger partial charge in [-0.25, -0.2) is 4.98 Å². The van der Waals surface area contributed by atoms with E-state index in [1.54, 1.807) is 24.5 Å². The Morgan fingerprint density at radius 2 is 1.72 bits per heavy atom. The highest BCUT2D eigenvalue weighted by Crippen LogP contribution is 2.34. The van der Waals surface area contributed by atoms with Gasteiger partial charge in [-0.2, -0.15) is 0 Å². The minimum absolute atomic E-state index is 0.163. The normalized spacial score (nSPS) is 13.7. The van der Waals surface area contributed by atoms with Crippen LogP contribution in [0.1, 0.15) is 10.4 Å². The molecule has 3 aromatic heterocycles. The number of fused-ring (bicyclic) bond motifs is 1. The molecule has 1 fully saturated rings. The first-order valence-corrected chi connectivity index (χ1v) is 12.3. The van der Waals surface area contributed by atoms with E-state index >= 15 is 0 Å². The molecule has 0 radical (unpaired) electrons. The summed E-state index contributed by atoms with van der Waals surface area (Å²) < 4.78 is 5.45. The Labute approximate surface area is 221 Å². The van der Waals surface area contributed by atoms with Crippen molar-refractivity contribution in [1.29, 1.82) is 0 Å². The van der Waals surface area contributed by atoms with Crippen molar-refractivity contribution >= 4 is 28.3 Å². The molecule has 0 atom stereocenters. The SMILES string of the molecule is COc1cnc(-c2cnccn2)c2[nH]cc(C(=O)C(=O)N3CCN(c4c(-c5ccccc5)c(=O)c4=O)CC3)c12. The zero-order chi connectivity index (χ0) is 27.1. The standard InChI is InChI=1S/C28H22N6O5/c1-39-19-15-32-22(18-14-29-7-8-30-18)23-21(19)17(13-31-23)25(35)28(38)34-11-9-33(10-12-34)24-20(26(36)27(24)37)16-5-3-2-4-6-16/h2-8,13-15,31H,9-12H2,1H3. The molecule has 2 aromatic carbocycles. The maximum atomic E-state index is 13.4. The van der Waals surface area contributed by atoms with Gasteiger partial charge in [-0.15, -0.1) is 0 Å². The van der Waals surface area contributed by atoms with Crippen LogP contribution in [0.5, 0.6) is 5.75 Å². The zero-order valence-corrected chi connectivity index (χ0v) is 20.9. The van der Waals surface area contributed by atoms with Crippen LogP contribution >= 0.6 is 0 Å². The maximum Gasteiger partial charge on any atom is 0.295 e. The summed E-state index contributed by atoms with van der Waals surface area (Å²) in [4.78, 5) is 70.5. The maximum absolute atomic E-state index is 13.4. The first-order chi connectivity index (χ1) is 19.0. The van der Waals surface area contributed by atoms with Gasteiger partial charge in [0.25, 0.3) is 11.7 Å². The number of ether oxygens (including phenoxy) is 1. The fourth-order valence-electron chi connectivity index (χ4n) is 5.01. The van der Waals surface area contributed by atoms with Crippen LogP contribution in [0.25, 0.3) is 33.4 Å². The van der Waals surface area contributed by atoms with Crippen LogP contribution in [0.2, 0.25) is 0 Å². The number of carbonyl (C=O) groups excluding carboxylic acids is 2. The largest absolute Gasteiger partial charge is 0.494 e. The average Bonchev–Trinajstić information content (AvgIpc) is 3.44. The monoisotopic (exact) mass is 522 g/mol. The summed E-state index contributed by atoms with van der Waals surface area (Å²) >= 11 is 0. The lowest BCUT2D eigenvalue weighted by Crippen LogP contribution is -2.54. The zero-order valence-electron chi connectivity index (χ0n) is 20.9. The van der Waals surface area contributed by atoms with Crippen molar-refractivity contribution in [2.45, 2.75) is 0 Å². The number of methoxy groups -OCH3 is 1. The second-order valence-electron chi connectivity index (χ2n) is 9.07. The Kier molecular flexibility index (Phi) is 5.95. The number of Topliss-reactive ketones (excluding diaryl/α,β-unsaturated/α-hetero) is 1. The van der Waals surface area contributed by atoms with Crippen LogP contribution in [-0.4, -0.2) is 69.8 Å². The lowest BCUT2D eigenvalue weighted by atomic mass is 9.97. The minimum atomic E-state index is -0.691. The third kappa shape index (κ3) is 3.95. The number of piperazine rings is 1. The summed E-state index contributed by atoms with van der Waals surface area (Å²) in [7, 11) is 1.46. The first kappa shape index (κ1) is 24.2. The molecule has 1 amide bonds. The van der Waals surface area contributed by atoms with Crippen molar-refractivity contribution in [3.05, 3.63) is 87.3 Å². The molecule has 1 aliphatic heterocycles. The Balaban J connectivity index is 1.24. The number of anilines is 1. The van der Waals surface area contributed by atoms with E-state index in [9.17, 15) is 19.2 Å². The van der Waals surface area contributed by atoms with Gasteiger partial charge in [0.15, 0.2) is 0 Å². The van der Waals surface area contributed by atoms with Crippen molar-refractivity contribution < 1.29 is 14.3 Å². The Bertz CT molecular complexity index is 1780. The molecular weight excluding hydrogens is 500 g/mol. The van der Waals surface area contributed by atoms with E-state index in [2.05, 4.69) is 19.9 Å². The molecule has 1 aliphatic rings. The van der Waals surface area contributed by atoms with E-state index < -0.39 is 22.5 Å². The Morgan fingerprint density at radius 3 is 2.41 bits per heavy atom. The van der Waals surface area contributed by atoms with Gasteiger partial charge >= 0.3 is 0 Å². The van der Waals surface area contributed by atoms with Gasteiger partial charge in [-0.3, -0.25) is 29.1 Å². The second-order valence-corrected chi connectivity index (χ2v) is 9.07. The molecule has 0 aliphatic carbocycles. The molecule has 11 nitrogen and oxygen atoms in total. The van der Waals surface area contributed by atoms with Gasteiger partial charge in [-0.05, 0) is 5.56 Å². The van der Waals surface area contributed by atoms with E-state index in [1.807, 2.05) is 23.1 Å². The van der Waals surface area contributed by atoms with Crippen molar-refractivity contribution in [3.8, 4) is 28.3 Å². The van der Waals surface area contributed by atoms with E-state index in [4.69, 9.17) is 4.74 Å². The highest BCUT2D eigenvalue weighted by atomic mass is 16.5. The van der Waals surface area contributed by atoms with Gasteiger partial charge in [0.05, 0.1) is 41.5 Å². The summed E-state index contributed by atoms with van der Waals surface area (Å²) in [6.07, 6.45) is 7.59. The van der Waals surface area contributed by atoms with Gasteiger partial charge in [0, 0.05) is 44.8 Å². The van der Waals surface area contributed by atoms with Crippen molar-refractivity contribution in [3.63, 3.8) is 0 Å². The van der Waals surface area contributed by atoms with Crippen LogP contribution in [-0.2, 0) is 4.79 Å². The number of carbonyl (C=O) groups is 2. The molecule has 0 saturated carbocycles. The lowest BCUT2D eigenvalue weighted by molar-refractivity contribution is -0.126. The van der Waals surface area contributed by atoms with E-state index in [0.29, 0.717) is 57.9 Å². The first-order valence-electron chi connectivity index (χ1n) is 12.3. The molecule has 1 N–H and O–H groups in total. The number of hydrogen-bond acceptors (Lipinski definition) is 9. The number of aromatic amines is 1. The Hall–Kier alpha value is -5.19. The molecule has 0 unspecified atom stereocenters. The van der Waals surface area contributed by atoms with Crippen LogP contribution in [0.15, 0.2) is 70.9 Å². The third-order valence-corrected chi connectivity index (χ3v) is 6.97. The minimum Gasteiger partial charge on any atom is -0.494 e. The highest BCUT2D eigenvalue weighted by molar-refractivity contribution is 6.45. The van der Waals surface area contributed by atoms with E-state index in [-0.39, 0.29) is 18.7 Å². The molecule has 4 heterocycles. The molecule has 0 spiro atoms. The smallest absolute Gasteiger partial charge is 0.295 e. The van der Waals surface area contributed by atoms with Gasteiger partial charge in [0.2, 0.25) is 10.9 Å². The predicted octanol–water partition coefficient (Wildman–Crippen LogP) is 1.82. The number of pyridine rings is 1. The summed E-state index contributed by atoms with van der Waals surface area (Å²) in [6, 6.07) is 9.04. The average molecular weight is 523 g/mol. The number of H-pyrrole nitrogens is 1. The lowest BCUT2D eigenvalue weighted by Gasteiger charge is -2.36. The fraction of sp³-hybridized carbons (Fsp3) is 0.179. The number of aromatic nitrogens is 4. The van der Waals surface area contributed by atoms with Crippen LogP contribution < -0.4 is 20.5 Å². The second kappa shape index (κ2) is 9.60. The van der Waals surface area contributed by atoms with Crippen LogP contribution in [0, 0.1) is 0 Å². The number of hydrogen-bond donors (Lipinski definition) is 1. The van der Waals surface area contributed by atoms with Crippen molar-refractivity contribution in [1.82, 2.24) is 24.8 Å². The highest BCUT2D eigenvalue weighted by Gasteiger charge is 2.33. The van der Waals surface area contributed by atoms with Crippen LogP contribution in [0.4, 0.5) is 5.69 Å². The van der Waals surface area contributed by atoms with Gasteiger partial charge in [-0.1, -0.05) is 30.3 Å². The van der Waals surface area contributed by atoms with E-state index in [1.165, 1.54) is 30.6 Å². The third-order valence-electron chi connectivity index (χ3n) is 6.97. The van der Waals surface area contributed by atoms with Crippen LogP contribution in [0.3, 0.4) is 0 Å².